The zero-order valence-electron chi connectivity index (χ0n) is 19.9. The standard InChI is InChI=1S/C25H31ClFN5O2.ClH/c1-2-24-28-32(25(33)31(24)17-18-34-21-7-4-3-5-8-21)12-6-11-29-13-15-30(16-14-29)20-9-10-23(27)22(26)19-20;/h3-5,7-10,19H,2,6,11-18H2,1H3;1H. The van der Waals surface area contributed by atoms with Crippen molar-refractivity contribution in [2.24, 2.45) is 0 Å². The predicted molar refractivity (Wildman–Crippen MR) is 140 cm³/mol. The molecule has 0 N–H and O–H groups in total. The Bertz CT molecular complexity index is 1130. The fraction of sp³-hybridized carbons (Fsp3) is 0.440. The third-order valence-electron chi connectivity index (χ3n) is 6.13. The Morgan fingerprint density at radius 2 is 1.77 bits per heavy atom. The molecule has 7 nitrogen and oxygen atoms in total. The van der Waals surface area contributed by atoms with Gasteiger partial charge in [0, 0.05) is 51.4 Å². The van der Waals surface area contributed by atoms with Crippen molar-refractivity contribution in [1.82, 2.24) is 19.2 Å². The molecule has 3 aromatic rings. The second-order valence-electron chi connectivity index (χ2n) is 8.37. The van der Waals surface area contributed by atoms with Crippen LogP contribution in [0.25, 0.3) is 0 Å². The van der Waals surface area contributed by atoms with Crippen molar-refractivity contribution in [3.05, 3.63) is 75.7 Å². The number of benzene rings is 2. The van der Waals surface area contributed by atoms with E-state index in [1.807, 2.05) is 37.3 Å². The Kier molecular flexibility index (Phi) is 10.0. The highest BCUT2D eigenvalue weighted by atomic mass is 35.5. The van der Waals surface area contributed by atoms with Crippen molar-refractivity contribution in [1.29, 1.82) is 0 Å². The van der Waals surface area contributed by atoms with E-state index in [-0.39, 0.29) is 23.1 Å². The molecule has 0 atom stereocenters. The Labute approximate surface area is 216 Å². The summed E-state index contributed by atoms with van der Waals surface area (Å²) in [4.78, 5) is 17.5. The molecular formula is C25H32Cl2FN5O2. The summed E-state index contributed by atoms with van der Waals surface area (Å²) >= 11 is 5.93. The summed E-state index contributed by atoms with van der Waals surface area (Å²) in [6, 6.07) is 14.5. The summed E-state index contributed by atoms with van der Waals surface area (Å²) in [5, 5.41) is 4.70. The smallest absolute Gasteiger partial charge is 0.346 e. The number of anilines is 1. The molecule has 10 heteroatoms. The minimum absolute atomic E-state index is 0. The Morgan fingerprint density at radius 3 is 2.46 bits per heavy atom. The number of hydrogen-bond donors (Lipinski definition) is 0. The fourth-order valence-corrected chi connectivity index (χ4v) is 4.42. The van der Waals surface area contributed by atoms with Crippen LogP contribution in [0.15, 0.2) is 53.3 Å². The van der Waals surface area contributed by atoms with Crippen molar-refractivity contribution >= 4 is 29.7 Å². The van der Waals surface area contributed by atoms with Crippen LogP contribution in [0.4, 0.5) is 10.1 Å². The molecule has 4 rings (SSSR count). The lowest BCUT2D eigenvalue weighted by atomic mass is 10.2. The third-order valence-corrected chi connectivity index (χ3v) is 6.42. The zero-order chi connectivity index (χ0) is 23.9. The van der Waals surface area contributed by atoms with Gasteiger partial charge in [0.1, 0.15) is 24.0 Å². The maximum atomic E-state index is 13.4. The number of para-hydroxylation sites is 1. The molecule has 0 aliphatic carbocycles. The first kappa shape index (κ1) is 27.0. The van der Waals surface area contributed by atoms with Gasteiger partial charge in [0.05, 0.1) is 11.6 Å². The second kappa shape index (κ2) is 13.0. The average Bonchev–Trinajstić information content (AvgIpc) is 3.16. The quantitative estimate of drug-likeness (QED) is 0.400. The molecule has 0 radical (unpaired) electrons. The van der Waals surface area contributed by atoms with E-state index < -0.39 is 5.82 Å². The van der Waals surface area contributed by atoms with E-state index in [0.29, 0.717) is 26.1 Å². The highest BCUT2D eigenvalue weighted by Gasteiger charge is 2.18. The maximum absolute atomic E-state index is 13.4. The number of aromatic nitrogens is 3. The topological polar surface area (TPSA) is 55.5 Å². The minimum Gasteiger partial charge on any atom is -0.492 e. The van der Waals surface area contributed by atoms with E-state index in [0.717, 1.165) is 56.4 Å². The number of nitrogens with zero attached hydrogens (tertiary/aromatic N) is 5. The van der Waals surface area contributed by atoms with E-state index >= 15 is 0 Å². The van der Waals surface area contributed by atoms with Crippen LogP contribution in [0.5, 0.6) is 5.75 Å². The summed E-state index contributed by atoms with van der Waals surface area (Å²) in [5.41, 5.74) is 0.873. The lowest BCUT2D eigenvalue weighted by molar-refractivity contribution is 0.248. The highest BCUT2D eigenvalue weighted by molar-refractivity contribution is 6.31. The molecule has 190 valence electrons. The molecule has 1 fully saturated rings. The largest absolute Gasteiger partial charge is 0.492 e. The lowest BCUT2D eigenvalue weighted by Gasteiger charge is -2.36. The van der Waals surface area contributed by atoms with Crippen LogP contribution in [0.3, 0.4) is 0 Å². The van der Waals surface area contributed by atoms with Gasteiger partial charge in [0.25, 0.3) is 0 Å². The van der Waals surface area contributed by atoms with Gasteiger partial charge in [-0.1, -0.05) is 36.7 Å². The highest BCUT2D eigenvalue weighted by Crippen LogP contribution is 2.23. The van der Waals surface area contributed by atoms with Gasteiger partial charge in [-0.2, -0.15) is 5.10 Å². The Balaban J connectivity index is 0.00000342. The van der Waals surface area contributed by atoms with E-state index in [1.54, 1.807) is 21.4 Å². The average molecular weight is 524 g/mol. The molecule has 2 aromatic carbocycles. The molecule has 0 amide bonds. The normalized spacial score (nSPS) is 14.1. The van der Waals surface area contributed by atoms with Crippen LogP contribution < -0.4 is 15.3 Å². The van der Waals surface area contributed by atoms with Gasteiger partial charge in [0.2, 0.25) is 0 Å². The summed E-state index contributed by atoms with van der Waals surface area (Å²) < 4.78 is 22.5. The van der Waals surface area contributed by atoms with Crippen LogP contribution in [-0.2, 0) is 19.5 Å². The number of piperazine rings is 1. The Hall–Kier alpha value is -2.55. The Morgan fingerprint density at radius 1 is 1.03 bits per heavy atom. The molecule has 2 heterocycles. The molecule has 0 bridgehead atoms. The first-order chi connectivity index (χ1) is 16.5. The molecule has 1 saturated heterocycles. The summed E-state index contributed by atoms with van der Waals surface area (Å²) in [6.07, 6.45) is 1.55. The van der Waals surface area contributed by atoms with Crippen LogP contribution >= 0.6 is 24.0 Å². The van der Waals surface area contributed by atoms with Gasteiger partial charge in [-0.15, -0.1) is 12.4 Å². The lowest BCUT2D eigenvalue weighted by Crippen LogP contribution is -2.46. The molecule has 0 unspecified atom stereocenters. The van der Waals surface area contributed by atoms with Crippen LogP contribution in [-0.4, -0.2) is 58.6 Å². The van der Waals surface area contributed by atoms with Gasteiger partial charge >= 0.3 is 5.69 Å². The molecule has 0 spiro atoms. The molecule has 35 heavy (non-hydrogen) atoms. The maximum Gasteiger partial charge on any atom is 0.346 e. The van der Waals surface area contributed by atoms with Crippen molar-refractivity contribution < 1.29 is 9.13 Å². The predicted octanol–water partition coefficient (Wildman–Crippen LogP) is 4.11. The number of rotatable bonds is 10. The second-order valence-corrected chi connectivity index (χ2v) is 8.78. The molecule has 1 aromatic heterocycles. The third kappa shape index (κ3) is 6.99. The molecular weight excluding hydrogens is 492 g/mol. The van der Waals surface area contributed by atoms with Gasteiger partial charge in [0.15, 0.2) is 0 Å². The molecule has 1 aliphatic heterocycles. The molecule has 1 aliphatic rings. The SMILES string of the molecule is CCc1nn(CCCN2CCN(c3ccc(F)c(Cl)c3)CC2)c(=O)n1CCOc1ccccc1.Cl. The number of halogens is 3. The molecule has 0 saturated carbocycles. The summed E-state index contributed by atoms with van der Waals surface area (Å²) in [7, 11) is 0. The fourth-order valence-electron chi connectivity index (χ4n) is 4.24. The van der Waals surface area contributed by atoms with Crippen LogP contribution in [0, 0.1) is 5.82 Å². The monoisotopic (exact) mass is 523 g/mol. The van der Waals surface area contributed by atoms with Crippen molar-refractivity contribution in [3.63, 3.8) is 0 Å². The van der Waals surface area contributed by atoms with E-state index in [9.17, 15) is 9.18 Å². The number of hydrogen-bond acceptors (Lipinski definition) is 5. The summed E-state index contributed by atoms with van der Waals surface area (Å²) in [6.45, 7) is 7.94. The zero-order valence-corrected chi connectivity index (χ0v) is 21.5. The summed E-state index contributed by atoms with van der Waals surface area (Å²) in [5.74, 6) is 1.19. The first-order valence-corrected chi connectivity index (χ1v) is 12.2. The number of ether oxygens (including phenoxy) is 1. The first-order valence-electron chi connectivity index (χ1n) is 11.8. The van der Waals surface area contributed by atoms with Gasteiger partial charge in [-0.05, 0) is 36.8 Å². The van der Waals surface area contributed by atoms with Crippen molar-refractivity contribution in [2.45, 2.75) is 32.9 Å². The van der Waals surface area contributed by atoms with E-state index in [4.69, 9.17) is 16.3 Å². The van der Waals surface area contributed by atoms with Gasteiger partial charge in [-0.3, -0.25) is 9.47 Å². The minimum atomic E-state index is -0.392. The van der Waals surface area contributed by atoms with Crippen LogP contribution in [0.2, 0.25) is 5.02 Å². The van der Waals surface area contributed by atoms with E-state index in [1.165, 1.54) is 6.07 Å². The van der Waals surface area contributed by atoms with Crippen molar-refractivity contribution in [2.75, 3.05) is 44.2 Å². The van der Waals surface area contributed by atoms with Gasteiger partial charge < -0.3 is 9.64 Å². The van der Waals surface area contributed by atoms with Crippen LogP contribution in [0.1, 0.15) is 19.2 Å². The van der Waals surface area contributed by atoms with E-state index in [2.05, 4.69) is 14.9 Å². The number of aryl methyl sites for hydroxylation is 2. The van der Waals surface area contributed by atoms with Gasteiger partial charge in [-0.25, -0.2) is 13.9 Å². The van der Waals surface area contributed by atoms with Crippen molar-refractivity contribution in [3.8, 4) is 5.75 Å².